The van der Waals surface area contributed by atoms with Crippen molar-refractivity contribution in [2.75, 3.05) is 11.5 Å². The van der Waals surface area contributed by atoms with Gasteiger partial charge in [-0.15, -0.1) is 11.8 Å². The molecule has 98 valence electrons. The van der Waals surface area contributed by atoms with Crippen LogP contribution in [-0.2, 0) is 6.42 Å². The molecule has 0 saturated carbocycles. The van der Waals surface area contributed by atoms with E-state index in [1.54, 1.807) is 0 Å². The first-order valence-electron chi connectivity index (χ1n) is 6.60. The highest BCUT2D eigenvalue weighted by Gasteiger charge is 2.28. The van der Waals surface area contributed by atoms with E-state index in [0.29, 0.717) is 10.5 Å². The highest BCUT2D eigenvalue weighted by atomic mass is 32.2. The average molecular weight is 281 g/mol. The monoisotopic (exact) mass is 281 g/mol. The van der Waals surface area contributed by atoms with Crippen LogP contribution in [0.1, 0.15) is 48.1 Å². The highest BCUT2D eigenvalue weighted by molar-refractivity contribution is 8.06. The van der Waals surface area contributed by atoms with E-state index in [1.165, 1.54) is 22.8 Å². The highest BCUT2D eigenvalue weighted by Crippen LogP contribution is 2.41. The largest absolute Gasteiger partial charge is 0.324 e. The van der Waals surface area contributed by atoms with Gasteiger partial charge in [0.25, 0.3) is 0 Å². The number of hydrogen-bond donors (Lipinski definition) is 1. The summed E-state index contributed by atoms with van der Waals surface area (Å²) < 4.78 is 0. The molecule has 2 heterocycles. The molecule has 0 radical (unpaired) electrons. The van der Waals surface area contributed by atoms with Gasteiger partial charge in [0.05, 0.1) is 5.25 Å². The number of fused-ring (bicyclic) bond motifs is 1. The molecule has 1 aliphatic heterocycles. The van der Waals surface area contributed by atoms with Gasteiger partial charge in [-0.2, -0.15) is 11.8 Å². The zero-order chi connectivity index (χ0) is 12.5. The molecule has 0 amide bonds. The zero-order valence-corrected chi connectivity index (χ0v) is 12.3. The lowest BCUT2D eigenvalue weighted by Crippen LogP contribution is -2.23. The molecular formula is C13H19N3S2. The Hall–Kier alpha value is -0.260. The topological polar surface area (TPSA) is 51.8 Å². The predicted octanol–water partition coefficient (Wildman–Crippen LogP) is 2.72. The third-order valence-corrected chi connectivity index (χ3v) is 6.78. The van der Waals surface area contributed by atoms with Crippen LogP contribution in [0.5, 0.6) is 0 Å². The summed E-state index contributed by atoms with van der Waals surface area (Å²) in [7, 11) is 0. The third kappa shape index (κ3) is 2.40. The van der Waals surface area contributed by atoms with Gasteiger partial charge in [-0.3, -0.25) is 0 Å². The summed E-state index contributed by atoms with van der Waals surface area (Å²) in [6, 6.07) is 0.147. The van der Waals surface area contributed by atoms with Crippen LogP contribution in [0.15, 0.2) is 6.20 Å². The third-order valence-electron chi connectivity index (χ3n) is 3.69. The SMILES string of the molecule is CC1SCCSC1c1ncc2c(n1)CCCC2N. The van der Waals surface area contributed by atoms with Crippen LogP contribution in [0.4, 0.5) is 0 Å². The van der Waals surface area contributed by atoms with Crippen LogP contribution >= 0.6 is 23.5 Å². The molecule has 1 aliphatic carbocycles. The Labute approximate surface area is 117 Å². The van der Waals surface area contributed by atoms with E-state index in [4.69, 9.17) is 10.7 Å². The Balaban J connectivity index is 1.89. The van der Waals surface area contributed by atoms with E-state index in [1.807, 2.05) is 29.7 Å². The molecule has 0 spiro atoms. The maximum atomic E-state index is 6.11. The lowest BCUT2D eigenvalue weighted by Gasteiger charge is -2.28. The molecule has 5 heteroatoms. The van der Waals surface area contributed by atoms with Crippen molar-refractivity contribution < 1.29 is 0 Å². The van der Waals surface area contributed by atoms with Gasteiger partial charge >= 0.3 is 0 Å². The summed E-state index contributed by atoms with van der Waals surface area (Å²) in [5.74, 6) is 3.48. The summed E-state index contributed by atoms with van der Waals surface area (Å²) in [5, 5.41) is 1.06. The van der Waals surface area contributed by atoms with Gasteiger partial charge in [-0.05, 0) is 19.3 Å². The molecule has 0 aromatic carbocycles. The number of nitrogens with zero attached hydrogens (tertiary/aromatic N) is 2. The van der Waals surface area contributed by atoms with E-state index in [-0.39, 0.29) is 6.04 Å². The number of hydrogen-bond acceptors (Lipinski definition) is 5. The molecule has 3 unspecified atom stereocenters. The fourth-order valence-electron chi connectivity index (χ4n) is 2.65. The molecule has 1 aromatic heterocycles. The lowest BCUT2D eigenvalue weighted by atomic mass is 9.93. The first-order chi connectivity index (χ1) is 8.75. The van der Waals surface area contributed by atoms with E-state index in [2.05, 4.69) is 11.9 Å². The average Bonchev–Trinajstić information content (AvgIpc) is 2.39. The zero-order valence-electron chi connectivity index (χ0n) is 10.6. The molecule has 1 saturated heterocycles. The predicted molar refractivity (Wildman–Crippen MR) is 79.0 cm³/mol. The standard InChI is InChI=1S/C13H19N3S2/c1-8-12(18-6-5-17-8)13-15-7-9-10(14)3-2-4-11(9)16-13/h7-8,10,12H,2-6,14H2,1H3. The van der Waals surface area contributed by atoms with Gasteiger partial charge in [0.2, 0.25) is 0 Å². The normalized spacial score (nSPS) is 32.0. The Kier molecular flexibility index (Phi) is 3.82. The van der Waals surface area contributed by atoms with Crippen LogP contribution in [0.25, 0.3) is 0 Å². The number of thioether (sulfide) groups is 2. The Bertz CT molecular complexity index is 438. The molecule has 3 nitrogen and oxygen atoms in total. The van der Waals surface area contributed by atoms with E-state index < -0.39 is 0 Å². The Morgan fingerprint density at radius 2 is 2.17 bits per heavy atom. The number of nitrogens with two attached hydrogens (primary N) is 1. The minimum atomic E-state index is 0.147. The molecule has 2 aliphatic rings. The molecular weight excluding hydrogens is 262 g/mol. The van der Waals surface area contributed by atoms with Crippen LogP contribution in [0.2, 0.25) is 0 Å². The van der Waals surface area contributed by atoms with Crippen molar-refractivity contribution in [2.45, 2.75) is 42.7 Å². The molecule has 1 aromatic rings. The van der Waals surface area contributed by atoms with E-state index >= 15 is 0 Å². The number of aryl methyl sites for hydroxylation is 1. The summed E-state index contributed by atoms with van der Waals surface area (Å²) in [5.41, 5.74) is 8.48. The fraction of sp³-hybridized carbons (Fsp3) is 0.692. The fourth-order valence-corrected chi connectivity index (χ4v) is 5.35. The van der Waals surface area contributed by atoms with Crippen LogP contribution < -0.4 is 5.73 Å². The van der Waals surface area contributed by atoms with Gasteiger partial charge in [-0.25, -0.2) is 9.97 Å². The van der Waals surface area contributed by atoms with Crippen molar-refractivity contribution >= 4 is 23.5 Å². The second kappa shape index (κ2) is 5.39. The first-order valence-corrected chi connectivity index (χ1v) is 8.70. The molecule has 2 N–H and O–H groups in total. The Morgan fingerprint density at radius 1 is 1.33 bits per heavy atom. The molecule has 0 bridgehead atoms. The van der Waals surface area contributed by atoms with Gasteiger partial charge in [0, 0.05) is 40.3 Å². The quantitative estimate of drug-likeness (QED) is 0.858. The van der Waals surface area contributed by atoms with E-state index in [9.17, 15) is 0 Å². The summed E-state index contributed by atoms with van der Waals surface area (Å²) >= 11 is 4.03. The summed E-state index contributed by atoms with van der Waals surface area (Å²) in [6.07, 6.45) is 5.28. The Morgan fingerprint density at radius 3 is 3.00 bits per heavy atom. The van der Waals surface area contributed by atoms with Crippen molar-refractivity contribution in [3.8, 4) is 0 Å². The van der Waals surface area contributed by atoms with Crippen molar-refractivity contribution in [3.63, 3.8) is 0 Å². The van der Waals surface area contributed by atoms with E-state index in [0.717, 1.165) is 25.1 Å². The maximum absolute atomic E-state index is 6.11. The second-order valence-electron chi connectivity index (χ2n) is 5.00. The lowest BCUT2D eigenvalue weighted by molar-refractivity contribution is 0.552. The van der Waals surface area contributed by atoms with Crippen LogP contribution in [0, 0.1) is 0 Å². The van der Waals surface area contributed by atoms with Crippen molar-refractivity contribution in [1.29, 1.82) is 0 Å². The van der Waals surface area contributed by atoms with Crippen molar-refractivity contribution in [1.82, 2.24) is 9.97 Å². The minimum absolute atomic E-state index is 0.147. The second-order valence-corrected chi connectivity index (χ2v) is 7.73. The van der Waals surface area contributed by atoms with Crippen molar-refractivity contribution in [2.24, 2.45) is 5.73 Å². The molecule has 3 rings (SSSR count). The van der Waals surface area contributed by atoms with Gasteiger partial charge in [0.1, 0.15) is 5.82 Å². The van der Waals surface area contributed by atoms with Gasteiger partial charge < -0.3 is 5.73 Å². The molecule has 18 heavy (non-hydrogen) atoms. The minimum Gasteiger partial charge on any atom is -0.324 e. The van der Waals surface area contributed by atoms with Crippen molar-refractivity contribution in [3.05, 3.63) is 23.3 Å². The number of rotatable bonds is 1. The molecule has 1 fully saturated rings. The van der Waals surface area contributed by atoms with Gasteiger partial charge in [0.15, 0.2) is 0 Å². The van der Waals surface area contributed by atoms with Crippen LogP contribution in [0.3, 0.4) is 0 Å². The summed E-state index contributed by atoms with van der Waals surface area (Å²) in [6.45, 7) is 2.29. The smallest absolute Gasteiger partial charge is 0.142 e. The van der Waals surface area contributed by atoms with Crippen LogP contribution in [-0.4, -0.2) is 26.7 Å². The number of aromatic nitrogens is 2. The van der Waals surface area contributed by atoms with Gasteiger partial charge in [-0.1, -0.05) is 6.92 Å². The molecule has 3 atom stereocenters. The first kappa shape index (κ1) is 12.8. The summed E-state index contributed by atoms with van der Waals surface area (Å²) in [4.78, 5) is 9.40. The maximum Gasteiger partial charge on any atom is 0.142 e.